The summed E-state index contributed by atoms with van der Waals surface area (Å²) >= 11 is 0. The van der Waals surface area contributed by atoms with E-state index in [0.717, 1.165) is 24.1 Å². The second kappa shape index (κ2) is 5.77. The van der Waals surface area contributed by atoms with Crippen LogP contribution in [0.5, 0.6) is 0 Å². The average Bonchev–Trinajstić information content (AvgIpc) is 2.48. The molecule has 5 heteroatoms. The number of rotatable bonds is 3. The van der Waals surface area contributed by atoms with E-state index in [0.29, 0.717) is 5.56 Å². The lowest BCUT2D eigenvalue weighted by atomic mass is 10.1. The minimum atomic E-state index is -1.61. The fourth-order valence-electron chi connectivity index (χ4n) is 1.71. The van der Waals surface area contributed by atoms with Gasteiger partial charge in [0.1, 0.15) is 0 Å². The lowest BCUT2D eigenvalue weighted by Gasteiger charge is -2.07. The molecule has 2 aromatic carbocycles. The highest BCUT2D eigenvalue weighted by molar-refractivity contribution is 6.04. The van der Waals surface area contributed by atoms with E-state index in [4.69, 9.17) is 0 Å². The largest absolute Gasteiger partial charge is 0.319 e. The lowest BCUT2D eigenvalue weighted by molar-refractivity contribution is 0.102. The zero-order valence-corrected chi connectivity index (χ0v) is 10.7. The molecule has 0 aromatic heterocycles. The topological polar surface area (TPSA) is 29.1 Å². The number of halogens is 3. The molecule has 2 aromatic rings. The van der Waals surface area contributed by atoms with Crippen LogP contribution in [0.15, 0.2) is 36.4 Å². The average molecular weight is 279 g/mol. The molecule has 0 unspecified atom stereocenters. The molecule has 0 fully saturated rings. The van der Waals surface area contributed by atoms with Crippen LogP contribution < -0.4 is 5.32 Å². The van der Waals surface area contributed by atoms with Gasteiger partial charge in [0.25, 0.3) is 5.91 Å². The molecule has 0 spiro atoms. The van der Waals surface area contributed by atoms with E-state index in [2.05, 4.69) is 5.32 Å². The molecule has 0 radical (unpaired) electrons. The number of carbonyl (C=O) groups is 1. The van der Waals surface area contributed by atoms with E-state index >= 15 is 0 Å². The van der Waals surface area contributed by atoms with Crippen LogP contribution in [-0.4, -0.2) is 5.91 Å². The van der Waals surface area contributed by atoms with E-state index < -0.39 is 29.0 Å². The van der Waals surface area contributed by atoms with E-state index in [-0.39, 0.29) is 0 Å². The van der Waals surface area contributed by atoms with E-state index in [1.165, 1.54) is 0 Å². The van der Waals surface area contributed by atoms with Crippen LogP contribution in [0.1, 0.15) is 22.8 Å². The third-order valence-corrected chi connectivity index (χ3v) is 2.91. The van der Waals surface area contributed by atoms with Crippen molar-refractivity contribution in [2.45, 2.75) is 13.3 Å². The number of hydrogen-bond donors (Lipinski definition) is 1. The van der Waals surface area contributed by atoms with E-state index in [1.54, 1.807) is 24.3 Å². The number of benzene rings is 2. The number of hydrogen-bond acceptors (Lipinski definition) is 1. The Morgan fingerprint density at radius 3 is 2.25 bits per heavy atom. The highest BCUT2D eigenvalue weighted by Crippen LogP contribution is 2.20. The molecule has 2 nitrogen and oxygen atoms in total. The summed E-state index contributed by atoms with van der Waals surface area (Å²) in [7, 11) is 0. The summed E-state index contributed by atoms with van der Waals surface area (Å²) < 4.78 is 39.2. The van der Waals surface area contributed by atoms with Gasteiger partial charge < -0.3 is 5.32 Å². The number of amides is 1. The summed E-state index contributed by atoms with van der Waals surface area (Å²) in [6, 6.07) is 8.46. The summed E-state index contributed by atoms with van der Waals surface area (Å²) in [6.45, 7) is 1.98. The third kappa shape index (κ3) is 2.82. The molecule has 0 aliphatic heterocycles. The van der Waals surface area contributed by atoms with Gasteiger partial charge in [0.05, 0.1) is 5.69 Å². The second-order valence-electron chi connectivity index (χ2n) is 4.23. The molecule has 0 heterocycles. The van der Waals surface area contributed by atoms with Crippen molar-refractivity contribution in [3.63, 3.8) is 0 Å². The summed E-state index contributed by atoms with van der Waals surface area (Å²) in [6.07, 6.45) is 0.833. The van der Waals surface area contributed by atoms with E-state index in [9.17, 15) is 18.0 Å². The Labute approximate surface area is 114 Å². The molecular formula is C15H12F3NO. The van der Waals surface area contributed by atoms with Crippen molar-refractivity contribution >= 4 is 11.6 Å². The molecule has 0 saturated carbocycles. The van der Waals surface area contributed by atoms with Gasteiger partial charge in [0.2, 0.25) is 0 Å². The van der Waals surface area contributed by atoms with Gasteiger partial charge in [-0.3, -0.25) is 4.79 Å². The highest BCUT2D eigenvalue weighted by Gasteiger charge is 2.15. The molecule has 0 atom stereocenters. The van der Waals surface area contributed by atoms with Crippen LogP contribution in [-0.2, 0) is 6.42 Å². The predicted molar refractivity (Wildman–Crippen MR) is 70.1 cm³/mol. The standard InChI is InChI=1S/C15H12F3NO/c1-2-9-3-5-10(6-4-9)15(20)19-12-8-7-11(16)13(17)14(12)18/h3-8H,2H2,1H3,(H,19,20). The zero-order chi connectivity index (χ0) is 14.7. The summed E-state index contributed by atoms with van der Waals surface area (Å²) in [5.74, 6) is -4.90. The van der Waals surface area contributed by atoms with Crippen molar-refractivity contribution in [3.8, 4) is 0 Å². The Morgan fingerprint density at radius 1 is 1.00 bits per heavy atom. The van der Waals surface area contributed by atoms with E-state index in [1.807, 2.05) is 6.92 Å². The number of carbonyl (C=O) groups excluding carboxylic acids is 1. The predicted octanol–water partition coefficient (Wildman–Crippen LogP) is 3.92. The van der Waals surface area contributed by atoms with Gasteiger partial charge in [0, 0.05) is 5.56 Å². The van der Waals surface area contributed by atoms with Gasteiger partial charge in [-0.15, -0.1) is 0 Å². The maximum absolute atomic E-state index is 13.4. The van der Waals surface area contributed by atoms with Crippen LogP contribution in [0.2, 0.25) is 0 Å². The van der Waals surface area contributed by atoms with Gasteiger partial charge in [-0.25, -0.2) is 13.2 Å². The molecule has 20 heavy (non-hydrogen) atoms. The minimum absolute atomic E-state index is 0.311. The fourth-order valence-corrected chi connectivity index (χ4v) is 1.71. The van der Waals surface area contributed by atoms with Crippen molar-refractivity contribution < 1.29 is 18.0 Å². The normalized spacial score (nSPS) is 10.4. The first-order chi connectivity index (χ1) is 9.52. The van der Waals surface area contributed by atoms with Gasteiger partial charge >= 0.3 is 0 Å². The molecule has 1 N–H and O–H groups in total. The summed E-state index contributed by atoms with van der Waals surface area (Å²) in [5, 5.41) is 2.21. The van der Waals surface area contributed by atoms with Gasteiger partial charge in [0.15, 0.2) is 17.5 Å². The first-order valence-electron chi connectivity index (χ1n) is 6.06. The van der Waals surface area contributed by atoms with Gasteiger partial charge in [-0.1, -0.05) is 19.1 Å². The molecule has 0 bridgehead atoms. The van der Waals surface area contributed by atoms with Crippen LogP contribution in [0.25, 0.3) is 0 Å². The van der Waals surface area contributed by atoms with Crippen LogP contribution in [0.4, 0.5) is 18.9 Å². The Morgan fingerprint density at radius 2 is 1.65 bits per heavy atom. The highest BCUT2D eigenvalue weighted by atomic mass is 19.2. The second-order valence-corrected chi connectivity index (χ2v) is 4.23. The SMILES string of the molecule is CCc1ccc(C(=O)Nc2ccc(F)c(F)c2F)cc1. The van der Waals surface area contributed by atoms with Crippen LogP contribution in [0, 0.1) is 17.5 Å². The molecule has 2 rings (SSSR count). The number of nitrogens with one attached hydrogen (secondary N) is 1. The first-order valence-corrected chi connectivity index (χ1v) is 6.06. The molecule has 0 aliphatic rings. The van der Waals surface area contributed by atoms with Crippen molar-refractivity contribution in [1.82, 2.24) is 0 Å². The monoisotopic (exact) mass is 279 g/mol. The maximum atomic E-state index is 13.4. The molecule has 104 valence electrons. The smallest absolute Gasteiger partial charge is 0.255 e. The summed E-state index contributed by atoms with van der Waals surface area (Å²) in [4.78, 5) is 11.9. The Bertz CT molecular complexity index is 638. The number of anilines is 1. The maximum Gasteiger partial charge on any atom is 0.255 e. The van der Waals surface area contributed by atoms with Crippen molar-refractivity contribution in [2.75, 3.05) is 5.32 Å². The Kier molecular flexibility index (Phi) is 4.08. The quantitative estimate of drug-likeness (QED) is 0.848. The van der Waals surface area contributed by atoms with Gasteiger partial charge in [-0.2, -0.15) is 0 Å². The summed E-state index contributed by atoms with van der Waals surface area (Å²) in [5.41, 5.74) is 0.973. The van der Waals surface area contributed by atoms with Crippen molar-refractivity contribution in [1.29, 1.82) is 0 Å². The molecular weight excluding hydrogens is 267 g/mol. The molecule has 1 amide bonds. The van der Waals surface area contributed by atoms with Crippen molar-refractivity contribution in [2.24, 2.45) is 0 Å². The number of aryl methyl sites for hydroxylation is 1. The minimum Gasteiger partial charge on any atom is -0.319 e. The van der Waals surface area contributed by atoms with Crippen molar-refractivity contribution in [3.05, 3.63) is 65.0 Å². The fraction of sp³-hybridized carbons (Fsp3) is 0.133. The van der Waals surface area contributed by atoms with Crippen LogP contribution in [0.3, 0.4) is 0 Å². The zero-order valence-electron chi connectivity index (χ0n) is 10.7. The Balaban J connectivity index is 2.21. The third-order valence-electron chi connectivity index (χ3n) is 2.91. The molecule has 0 aliphatic carbocycles. The molecule has 0 saturated heterocycles. The van der Waals surface area contributed by atoms with Crippen LogP contribution >= 0.6 is 0 Å². The Hall–Kier alpha value is -2.30. The van der Waals surface area contributed by atoms with Gasteiger partial charge in [-0.05, 0) is 36.2 Å². The first kappa shape index (κ1) is 14.1. The lowest BCUT2D eigenvalue weighted by Crippen LogP contribution is -2.13.